The van der Waals surface area contributed by atoms with Gasteiger partial charge in [-0.15, -0.1) is 0 Å². The van der Waals surface area contributed by atoms with Crippen molar-refractivity contribution in [3.63, 3.8) is 0 Å². The first-order valence-corrected chi connectivity index (χ1v) is 8.54. The molecule has 0 bridgehead atoms. The molecule has 1 aromatic rings. The van der Waals surface area contributed by atoms with Gasteiger partial charge in [0.25, 0.3) is 0 Å². The van der Waals surface area contributed by atoms with Gasteiger partial charge in [-0.05, 0) is 31.0 Å². The molecule has 9 heteroatoms. The van der Waals surface area contributed by atoms with Gasteiger partial charge >= 0.3 is 0 Å². The lowest BCUT2D eigenvalue weighted by molar-refractivity contribution is 0.312. The van der Waals surface area contributed by atoms with E-state index in [1.165, 1.54) is 18.2 Å². The third-order valence-corrected chi connectivity index (χ3v) is 5.71. The Labute approximate surface area is 133 Å². The Kier molecular flexibility index (Phi) is 4.98. The molecule has 0 aromatic heterocycles. The van der Waals surface area contributed by atoms with E-state index in [1.54, 1.807) is 0 Å². The smallest absolute Gasteiger partial charge is 0.242 e. The number of oxime groups is 1. The molecule has 1 aromatic carbocycles. The fourth-order valence-corrected chi connectivity index (χ4v) is 4.55. The van der Waals surface area contributed by atoms with E-state index in [0.717, 1.165) is 6.42 Å². The predicted molar refractivity (Wildman–Crippen MR) is 81.3 cm³/mol. The summed E-state index contributed by atoms with van der Waals surface area (Å²) in [5.41, 5.74) is 5.60. The summed E-state index contributed by atoms with van der Waals surface area (Å²) in [6.45, 7) is 0. The van der Waals surface area contributed by atoms with Gasteiger partial charge < -0.3 is 10.9 Å². The lowest BCUT2D eigenvalue weighted by atomic mass is 10.0. The molecule has 0 aliphatic heterocycles. The molecule has 6 nitrogen and oxygen atoms in total. The van der Waals surface area contributed by atoms with Crippen molar-refractivity contribution in [2.75, 3.05) is 0 Å². The monoisotopic (exact) mass is 351 g/mol. The molecular weight excluding hydrogens is 337 g/mol. The summed E-state index contributed by atoms with van der Waals surface area (Å²) in [5, 5.41) is 12.1. The molecule has 0 heterocycles. The number of nitrogens with two attached hydrogens (primary N) is 1. The van der Waals surface area contributed by atoms with Gasteiger partial charge in [0.1, 0.15) is 10.7 Å². The SMILES string of the molecule is NC(=NO)C1CCCC1NS(=O)(=O)c1cc(Cl)ccc1Cl. The van der Waals surface area contributed by atoms with Crippen molar-refractivity contribution in [1.82, 2.24) is 4.72 Å². The number of halogens is 2. The summed E-state index contributed by atoms with van der Waals surface area (Å²) >= 11 is 11.7. The third kappa shape index (κ3) is 3.60. The first-order chi connectivity index (χ1) is 9.85. The Hall–Kier alpha value is -1.02. The van der Waals surface area contributed by atoms with Crippen LogP contribution in [0.4, 0.5) is 0 Å². The second-order valence-corrected chi connectivity index (χ2v) is 7.39. The van der Waals surface area contributed by atoms with E-state index >= 15 is 0 Å². The van der Waals surface area contributed by atoms with Gasteiger partial charge in [0.2, 0.25) is 10.0 Å². The molecule has 1 aliphatic carbocycles. The van der Waals surface area contributed by atoms with Gasteiger partial charge in [-0.25, -0.2) is 13.1 Å². The highest BCUT2D eigenvalue weighted by molar-refractivity contribution is 7.89. The van der Waals surface area contributed by atoms with E-state index in [4.69, 9.17) is 34.1 Å². The molecule has 0 amide bonds. The zero-order valence-corrected chi connectivity index (χ0v) is 13.3. The van der Waals surface area contributed by atoms with E-state index in [-0.39, 0.29) is 26.7 Å². The molecule has 0 saturated heterocycles. The van der Waals surface area contributed by atoms with Crippen LogP contribution in [0.15, 0.2) is 28.3 Å². The second-order valence-electron chi connectivity index (χ2n) is 4.86. The predicted octanol–water partition coefficient (Wildman–Crippen LogP) is 2.19. The zero-order valence-electron chi connectivity index (χ0n) is 11.0. The van der Waals surface area contributed by atoms with Crippen molar-refractivity contribution in [3.8, 4) is 0 Å². The van der Waals surface area contributed by atoms with E-state index in [2.05, 4.69) is 9.88 Å². The third-order valence-electron chi connectivity index (χ3n) is 3.50. The number of hydrogen-bond acceptors (Lipinski definition) is 4. The van der Waals surface area contributed by atoms with Crippen LogP contribution in [0.1, 0.15) is 19.3 Å². The molecule has 1 saturated carbocycles. The number of nitrogens with zero attached hydrogens (tertiary/aromatic N) is 1. The van der Waals surface area contributed by atoms with Gasteiger partial charge in [0.15, 0.2) is 0 Å². The van der Waals surface area contributed by atoms with Crippen LogP contribution in [0.2, 0.25) is 10.0 Å². The number of hydrogen-bond donors (Lipinski definition) is 3. The van der Waals surface area contributed by atoms with Crippen LogP contribution in [0.3, 0.4) is 0 Å². The molecule has 21 heavy (non-hydrogen) atoms. The van der Waals surface area contributed by atoms with Gasteiger partial charge in [0.05, 0.1) is 5.02 Å². The van der Waals surface area contributed by atoms with Crippen LogP contribution in [0.25, 0.3) is 0 Å². The quantitative estimate of drug-likeness (QED) is 0.334. The second kappa shape index (κ2) is 6.39. The highest BCUT2D eigenvalue weighted by Gasteiger charge is 2.34. The van der Waals surface area contributed by atoms with Crippen molar-refractivity contribution in [2.24, 2.45) is 16.8 Å². The molecule has 0 radical (unpaired) electrons. The number of nitrogens with one attached hydrogen (secondary N) is 1. The van der Waals surface area contributed by atoms with Crippen LogP contribution in [0.5, 0.6) is 0 Å². The molecule has 2 atom stereocenters. The van der Waals surface area contributed by atoms with E-state index in [0.29, 0.717) is 12.8 Å². The average Bonchev–Trinajstić information content (AvgIpc) is 2.87. The van der Waals surface area contributed by atoms with Crippen LogP contribution in [-0.4, -0.2) is 25.5 Å². The maximum absolute atomic E-state index is 12.4. The first-order valence-electron chi connectivity index (χ1n) is 6.30. The largest absolute Gasteiger partial charge is 0.409 e. The topological polar surface area (TPSA) is 105 Å². The average molecular weight is 352 g/mol. The summed E-state index contributed by atoms with van der Waals surface area (Å²) in [7, 11) is -3.83. The Bertz CT molecular complexity index is 664. The van der Waals surface area contributed by atoms with Crippen LogP contribution in [0, 0.1) is 5.92 Å². The van der Waals surface area contributed by atoms with Crippen molar-refractivity contribution in [3.05, 3.63) is 28.2 Å². The molecule has 2 rings (SSSR count). The van der Waals surface area contributed by atoms with Gasteiger partial charge in [-0.1, -0.05) is 34.8 Å². The van der Waals surface area contributed by atoms with Gasteiger partial charge in [-0.3, -0.25) is 0 Å². The Morgan fingerprint density at radius 2 is 2.10 bits per heavy atom. The number of amidine groups is 1. The standard InChI is InChI=1S/C12H15Cl2N3O3S/c13-7-4-5-9(14)11(6-7)21(19,20)17-10-3-1-2-8(10)12(15)16-18/h4-6,8,10,17-18H,1-3H2,(H2,15,16). The van der Waals surface area contributed by atoms with Crippen molar-refractivity contribution in [2.45, 2.75) is 30.2 Å². The molecular formula is C12H15Cl2N3O3S. The van der Waals surface area contributed by atoms with E-state index in [1.807, 2.05) is 0 Å². The normalized spacial score (nSPS) is 23.4. The summed E-state index contributed by atoms with van der Waals surface area (Å²) in [6.07, 6.45) is 2.06. The molecule has 0 spiro atoms. The summed E-state index contributed by atoms with van der Waals surface area (Å²) in [4.78, 5) is -0.0816. The van der Waals surface area contributed by atoms with Crippen LogP contribution >= 0.6 is 23.2 Å². The Morgan fingerprint density at radius 1 is 1.38 bits per heavy atom. The van der Waals surface area contributed by atoms with Gasteiger partial charge in [0, 0.05) is 17.0 Å². The van der Waals surface area contributed by atoms with Crippen LogP contribution < -0.4 is 10.5 Å². The first kappa shape index (κ1) is 16.4. The minimum absolute atomic E-state index is 0.0254. The lowest BCUT2D eigenvalue weighted by Gasteiger charge is -2.20. The molecule has 4 N–H and O–H groups in total. The summed E-state index contributed by atoms with van der Waals surface area (Å²) in [6, 6.07) is 3.80. The maximum atomic E-state index is 12.4. The van der Waals surface area contributed by atoms with Crippen LogP contribution in [-0.2, 0) is 10.0 Å². The maximum Gasteiger partial charge on any atom is 0.242 e. The van der Waals surface area contributed by atoms with Crippen molar-refractivity contribution < 1.29 is 13.6 Å². The molecule has 1 aliphatic rings. The molecule has 2 unspecified atom stereocenters. The van der Waals surface area contributed by atoms with Gasteiger partial charge in [-0.2, -0.15) is 0 Å². The van der Waals surface area contributed by atoms with Crippen molar-refractivity contribution in [1.29, 1.82) is 0 Å². The van der Waals surface area contributed by atoms with E-state index < -0.39 is 16.1 Å². The van der Waals surface area contributed by atoms with E-state index in [9.17, 15) is 8.42 Å². The summed E-state index contributed by atoms with van der Waals surface area (Å²) < 4.78 is 27.4. The highest BCUT2D eigenvalue weighted by Crippen LogP contribution is 2.30. The summed E-state index contributed by atoms with van der Waals surface area (Å²) in [5.74, 6) is -0.305. The molecule has 116 valence electrons. The molecule has 1 fully saturated rings. The fraction of sp³-hybridized carbons (Fsp3) is 0.417. The zero-order chi connectivity index (χ0) is 15.6. The fourth-order valence-electron chi connectivity index (χ4n) is 2.48. The minimum atomic E-state index is -3.83. The minimum Gasteiger partial charge on any atom is -0.409 e. The lowest BCUT2D eigenvalue weighted by Crippen LogP contribution is -2.42. The number of rotatable bonds is 4. The van der Waals surface area contributed by atoms with Crippen molar-refractivity contribution >= 4 is 39.1 Å². The Balaban J connectivity index is 2.27. The Morgan fingerprint density at radius 3 is 2.76 bits per heavy atom. The number of sulfonamides is 1. The number of benzene rings is 1. The highest BCUT2D eigenvalue weighted by atomic mass is 35.5.